The molecule has 1 heterocycles. The summed E-state index contributed by atoms with van der Waals surface area (Å²) >= 11 is 0. The van der Waals surface area contributed by atoms with Crippen molar-refractivity contribution in [1.82, 2.24) is 10.1 Å². The van der Waals surface area contributed by atoms with E-state index in [1.54, 1.807) is 6.07 Å². The van der Waals surface area contributed by atoms with E-state index in [9.17, 15) is 4.79 Å². The highest BCUT2D eigenvalue weighted by Crippen LogP contribution is 2.27. The third kappa shape index (κ3) is 3.06. The van der Waals surface area contributed by atoms with Crippen LogP contribution in [0.15, 0.2) is 47.0 Å². The molecule has 23 heavy (non-hydrogen) atoms. The highest BCUT2D eigenvalue weighted by atomic mass is 16.5. The van der Waals surface area contributed by atoms with Crippen molar-refractivity contribution in [2.75, 3.05) is 7.11 Å². The molecule has 0 saturated heterocycles. The molecule has 1 N–H and O–H groups in total. The van der Waals surface area contributed by atoms with Gasteiger partial charge in [-0.15, -0.1) is 0 Å². The van der Waals surface area contributed by atoms with Gasteiger partial charge in [-0.2, -0.15) is 4.98 Å². The highest BCUT2D eigenvalue weighted by Gasteiger charge is 2.14. The first kappa shape index (κ1) is 14.8. The van der Waals surface area contributed by atoms with E-state index in [0.717, 1.165) is 11.1 Å². The molecular formula is C17H14N2O4. The number of hydrogen-bond acceptors (Lipinski definition) is 5. The minimum atomic E-state index is -1.05. The van der Waals surface area contributed by atoms with Crippen molar-refractivity contribution in [3.63, 3.8) is 0 Å². The second-order valence-electron chi connectivity index (χ2n) is 5.04. The summed E-state index contributed by atoms with van der Waals surface area (Å²) in [6.45, 7) is 2.00. The van der Waals surface area contributed by atoms with Crippen LogP contribution < -0.4 is 4.74 Å². The Bertz CT molecular complexity index is 853. The molecule has 0 aliphatic heterocycles. The molecular weight excluding hydrogens is 296 g/mol. The number of nitrogens with zero attached hydrogens (tertiary/aromatic N) is 2. The Kier molecular flexibility index (Phi) is 3.80. The maximum absolute atomic E-state index is 11.2. The van der Waals surface area contributed by atoms with E-state index in [1.165, 1.54) is 19.2 Å². The topological polar surface area (TPSA) is 85.5 Å². The molecule has 0 fully saturated rings. The van der Waals surface area contributed by atoms with Crippen LogP contribution in [-0.2, 0) is 0 Å². The summed E-state index contributed by atoms with van der Waals surface area (Å²) in [4.78, 5) is 15.5. The van der Waals surface area contributed by atoms with Gasteiger partial charge in [0, 0.05) is 11.1 Å². The Balaban J connectivity index is 2.01. The van der Waals surface area contributed by atoms with Crippen LogP contribution in [0.5, 0.6) is 5.75 Å². The minimum Gasteiger partial charge on any atom is -0.497 e. The van der Waals surface area contributed by atoms with Crippen molar-refractivity contribution < 1.29 is 19.2 Å². The quantitative estimate of drug-likeness (QED) is 0.794. The molecule has 0 aliphatic carbocycles. The van der Waals surface area contributed by atoms with Gasteiger partial charge < -0.3 is 14.4 Å². The number of aryl methyl sites for hydroxylation is 1. The van der Waals surface area contributed by atoms with E-state index in [-0.39, 0.29) is 11.5 Å². The second-order valence-corrected chi connectivity index (χ2v) is 5.04. The fourth-order valence-corrected chi connectivity index (χ4v) is 2.12. The van der Waals surface area contributed by atoms with E-state index in [4.69, 9.17) is 14.4 Å². The fraction of sp³-hybridized carbons (Fsp3) is 0.118. The molecule has 116 valence electrons. The van der Waals surface area contributed by atoms with Crippen molar-refractivity contribution in [3.8, 4) is 28.6 Å². The maximum atomic E-state index is 11.2. The van der Waals surface area contributed by atoms with Gasteiger partial charge in [0.2, 0.25) is 5.82 Å². The molecule has 0 amide bonds. The van der Waals surface area contributed by atoms with Crippen molar-refractivity contribution >= 4 is 5.97 Å². The molecule has 0 spiro atoms. The molecule has 6 nitrogen and oxygen atoms in total. The van der Waals surface area contributed by atoms with Crippen LogP contribution >= 0.6 is 0 Å². The number of aromatic carboxylic acids is 1. The Morgan fingerprint density at radius 3 is 2.52 bits per heavy atom. The second kappa shape index (κ2) is 5.92. The lowest BCUT2D eigenvalue weighted by Gasteiger charge is -2.03. The average Bonchev–Trinajstić information content (AvgIpc) is 3.05. The van der Waals surface area contributed by atoms with Gasteiger partial charge in [0.25, 0.3) is 5.89 Å². The number of methoxy groups -OCH3 is 1. The summed E-state index contributed by atoms with van der Waals surface area (Å²) in [5, 5.41) is 13.1. The first-order valence-corrected chi connectivity index (χ1v) is 6.90. The van der Waals surface area contributed by atoms with Gasteiger partial charge >= 0.3 is 5.97 Å². The van der Waals surface area contributed by atoms with E-state index < -0.39 is 5.97 Å². The zero-order valence-electron chi connectivity index (χ0n) is 12.6. The largest absolute Gasteiger partial charge is 0.497 e. The third-order valence-electron chi connectivity index (χ3n) is 3.37. The van der Waals surface area contributed by atoms with Gasteiger partial charge in [-0.3, -0.25) is 0 Å². The van der Waals surface area contributed by atoms with Crippen molar-refractivity contribution in [3.05, 3.63) is 53.6 Å². The van der Waals surface area contributed by atoms with Gasteiger partial charge in [-0.1, -0.05) is 35.0 Å². The summed E-state index contributed by atoms with van der Waals surface area (Å²) in [5.74, 6) is 0.0417. The molecule has 1 aromatic heterocycles. The summed E-state index contributed by atoms with van der Waals surface area (Å²) in [7, 11) is 1.47. The number of rotatable bonds is 4. The third-order valence-corrected chi connectivity index (χ3v) is 3.37. The van der Waals surface area contributed by atoms with Crippen molar-refractivity contribution in [2.24, 2.45) is 0 Å². The maximum Gasteiger partial charge on any atom is 0.335 e. The number of aromatic nitrogens is 2. The molecule has 0 radical (unpaired) electrons. The fourth-order valence-electron chi connectivity index (χ4n) is 2.12. The summed E-state index contributed by atoms with van der Waals surface area (Å²) < 4.78 is 10.4. The van der Waals surface area contributed by atoms with Gasteiger partial charge in [0.1, 0.15) is 5.75 Å². The molecule has 6 heteroatoms. The van der Waals surface area contributed by atoms with E-state index in [0.29, 0.717) is 17.1 Å². The van der Waals surface area contributed by atoms with Crippen LogP contribution in [0, 0.1) is 6.92 Å². The van der Waals surface area contributed by atoms with Gasteiger partial charge in [0.15, 0.2) is 0 Å². The Morgan fingerprint density at radius 2 is 1.87 bits per heavy atom. The number of carboxylic acids is 1. The summed E-state index contributed by atoms with van der Waals surface area (Å²) in [5.41, 5.74) is 2.55. The van der Waals surface area contributed by atoms with Crippen molar-refractivity contribution in [2.45, 2.75) is 6.92 Å². The van der Waals surface area contributed by atoms with Crippen LogP contribution in [0.2, 0.25) is 0 Å². The highest BCUT2D eigenvalue weighted by molar-refractivity contribution is 5.89. The molecule has 0 bridgehead atoms. The molecule has 0 unspecified atom stereocenters. The first-order chi connectivity index (χ1) is 11.1. The number of hydrogen-bond donors (Lipinski definition) is 1. The average molecular weight is 310 g/mol. The van der Waals surface area contributed by atoms with Crippen LogP contribution in [0.3, 0.4) is 0 Å². The lowest BCUT2D eigenvalue weighted by Crippen LogP contribution is -1.98. The molecule has 0 saturated carbocycles. The number of ether oxygens (including phenoxy) is 1. The molecule has 0 atom stereocenters. The monoisotopic (exact) mass is 310 g/mol. The first-order valence-electron chi connectivity index (χ1n) is 6.90. The predicted octanol–water partition coefficient (Wildman–Crippen LogP) is 3.42. The zero-order chi connectivity index (χ0) is 16.4. The van der Waals surface area contributed by atoms with Gasteiger partial charge in [0.05, 0.1) is 12.7 Å². The lowest BCUT2D eigenvalue weighted by molar-refractivity contribution is 0.0696. The Morgan fingerprint density at radius 1 is 1.13 bits per heavy atom. The number of carboxylic acid groups (broad SMARTS) is 1. The Hall–Kier alpha value is -3.15. The summed E-state index contributed by atoms with van der Waals surface area (Å²) in [6, 6.07) is 12.3. The van der Waals surface area contributed by atoms with Crippen LogP contribution in [-0.4, -0.2) is 28.3 Å². The lowest BCUT2D eigenvalue weighted by atomic mass is 10.1. The van der Waals surface area contributed by atoms with Crippen molar-refractivity contribution in [1.29, 1.82) is 0 Å². The van der Waals surface area contributed by atoms with E-state index in [1.807, 2.05) is 31.2 Å². The SMILES string of the molecule is COc1cc(C(=O)O)cc(-c2nc(-c3ccc(C)cc3)no2)c1. The van der Waals surface area contributed by atoms with Crippen LogP contribution in [0.25, 0.3) is 22.8 Å². The van der Waals surface area contributed by atoms with Crippen LogP contribution in [0.4, 0.5) is 0 Å². The zero-order valence-corrected chi connectivity index (χ0v) is 12.6. The van der Waals surface area contributed by atoms with Gasteiger partial charge in [-0.25, -0.2) is 4.79 Å². The normalized spacial score (nSPS) is 10.5. The Labute approximate surface area is 132 Å². The van der Waals surface area contributed by atoms with E-state index in [2.05, 4.69) is 10.1 Å². The van der Waals surface area contributed by atoms with E-state index >= 15 is 0 Å². The molecule has 0 aliphatic rings. The standard InChI is InChI=1S/C17H14N2O4/c1-10-3-5-11(6-4-10)15-18-16(23-19-15)12-7-13(17(20)21)9-14(8-12)22-2/h3-9H,1-2H3,(H,20,21). The van der Waals surface area contributed by atoms with Gasteiger partial charge in [-0.05, 0) is 25.1 Å². The number of benzene rings is 2. The predicted molar refractivity (Wildman–Crippen MR) is 83.4 cm³/mol. The van der Waals surface area contributed by atoms with Crippen LogP contribution in [0.1, 0.15) is 15.9 Å². The molecule has 3 rings (SSSR count). The smallest absolute Gasteiger partial charge is 0.335 e. The molecule has 2 aromatic carbocycles. The number of carbonyl (C=O) groups is 1. The minimum absolute atomic E-state index is 0.0921. The summed E-state index contributed by atoms with van der Waals surface area (Å²) in [6.07, 6.45) is 0. The molecule has 3 aromatic rings.